The van der Waals surface area contributed by atoms with E-state index in [1.807, 2.05) is 12.4 Å². The van der Waals surface area contributed by atoms with Gasteiger partial charge in [-0.2, -0.15) is 0 Å². The van der Waals surface area contributed by atoms with Gasteiger partial charge in [0.05, 0.1) is 0 Å². The summed E-state index contributed by atoms with van der Waals surface area (Å²) in [5.41, 5.74) is 2.83. The number of amides is 1. The Labute approximate surface area is 136 Å². The Hall–Kier alpha value is -2.10. The number of rotatable bonds is 3. The van der Waals surface area contributed by atoms with Crippen LogP contribution in [0.2, 0.25) is 0 Å². The van der Waals surface area contributed by atoms with E-state index in [4.69, 9.17) is 0 Å². The van der Waals surface area contributed by atoms with Gasteiger partial charge in [0.15, 0.2) is 0 Å². The molecular weight excluding hydrogens is 286 g/mol. The minimum Gasteiger partial charge on any atom is -0.348 e. The highest BCUT2D eigenvalue weighted by atomic mass is 16.2. The molecule has 0 spiro atoms. The van der Waals surface area contributed by atoms with Gasteiger partial charge in [-0.15, -0.1) is 0 Å². The highest BCUT2D eigenvalue weighted by Crippen LogP contribution is 2.36. The molecule has 1 aromatic carbocycles. The summed E-state index contributed by atoms with van der Waals surface area (Å²) in [5.74, 6) is 2.29. The van der Waals surface area contributed by atoms with Crippen LogP contribution in [-0.2, 0) is 11.2 Å². The van der Waals surface area contributed by atoms with Gasteiger partial charge in [-0.3, -0.25) is 4.79 Å². The van der Waals surface area contributed by atoms with E-state index in [1.54, 1.807) is 0 Å². The number of H-pyrrole nitrogens is 1. The first-order chi connectivity index (χ1) is 11.3. The van der Waals surface area contributed by atoms with Crippen LogP contribution in [0.15, 0.2) is 36.7 Å². The van der Waals surface area contributed by atoms with E-state index < -0.39 is 0 Å². The number of carbonyl (C=O) groups excluding carboxylic acids is 1. The van der Waals surface area contributed by atoms with Crippen LogP contribution in [-0.4, -0.2) is 33.9 Å². The van der Waals surface area contributed by atoms with Crippen LogP contribution in [0.25, 0.3) is 0 Å². The minimum absolute atomic E-state index is 0.324. The zero-order valence-corrected chi connectivity index (χ0v) is 13.4. The fourth-order valence-corrected chi connectivity index (χ4v) is 4.10. The lowest BCUT2D eigenvalue weighted by molar-refractivity contribution is -0.132. The van der Waals surface area contributed by atoms with Crippen molar-refractivity contribution in [2.75, 3.05) is 13.1 Å². The Balaban J connectivity index is 1.34. The topological polar surface area (TPSA) is 49.0 Å². The van der Waals surface area contributed by atoms with Crippen LogP contribution >= 0.6 is 0 Å². The number of piperidine rings is 1. The number of aromatic amines is 1. The minimum atomic E-state index is 0.324. The Kier molecular flexibility index (Phi) is 3.90. The maximum atomic E-state index is 12.7. The molecule has 23 heavy (non-hydrogen) atoms. The molecule has 1 N–H and O–H groups in total. The quantitative estimate of drug-likeness (QED) is 0.946. The molecule has 2 aromatic rings. The van der Waals surface area contributed by atoms with Gasteiger partial charge in [0.1, 0.15) is 5.82 Å². The zero-order chi connectivity index (χ0) is 15.6. The highest BCUT2D eigenvalue weighted by Gasteiger charge is 2.29. The third kappa shape index (κ3) is 2.90. The van der Waals surface area contributed by atoms with Crippen molar-refractivity contribution in [1.29, 1.82) is 0 Å². The Morgan fingerprint density at radius 3 is 2.83 bits per heavy atom. The van der Waals surface area contributed by atoms with E-state index in [0.717, 1.165) is 44.6 Å². The number of fused-ring (bicyclic) bond motifs is 1. The number of aryl methyl sites for hydroxylation is 1. The lowest BCUT2D eigenvalue weighted by atomic mass is 9.94. The van der Waals surface area contributed by atoms with Crippen LogP contribution in [0.4, 0.5) is 0 Å². The van der Waals surface area contributed by atoms with Crippen molar-refractivity contribution in [3.63, 3.8) is 0 Å². The summed E-state index contributed by atoms with van der Waals surface area (Å²) >= 11 is 0. The fraction of sp³-hybridized carbons (Fsp3) is 0.474. The van der Waals surface area contributed by atoms with Gasteiger partial charge in [0.25, 0.3) is 0 Å². The van der Waals surface area contributed by atoms with E-state index in [2.05, 4.69) is 39.1 Å². The molecule has 2 heterocycles. The molecule has 1 saturated heterocycles. The SMILES string of the molecule is O=C(C[C@H]1CCc2ccccc21)N1CCC(c2ncc[nH]2)CC1. The third-order valence-electron chi connectivity index (χ3n) is 5.43. The van der Waals surface area contributed by atoms with Gasteiger partial charge in [-0.1, -0.05) is 24.3 Å². The maximum Gasteiger partial charge on any atom is 0.223 e. The molecule has 120 valence electrons. The summed E-state index contributed by atoms with van der Waals surface area (Å²) in [5, 5.41) is 0. The normalized spacial score (nSPS) is 21.4. The largest absolute Gasteiger partial charge is 0.348 e. The molecule has 4 rings (SSSR count). The van der Waals surface area contributed by atoms with Gasteiger partial charge >= 0.3 is 0 Å². The van der Waals surface area contributed by atoms with Crippen molar-refractivity contribution >= 4 is 5.91 Å². The van der Waals surface area contributed by atoms with Crippen LogP contribution in [0.3, 0.4) is 0 Å². The first kappa shape index (κ1) is 14.5. The molecule has 0 saturated carbocycles. The molecule has 1 atom stereocenters. The molecule has 1 aliphatic carbocycles. The number of imidazole rings is 1. The molecule has 0 bridgehead atoms. The molecule has 1 aliphatic heterocycles. The molecule has 1 fully saturated rings. The van der Waals surface area contributed by atoms with Gasteiger partial charge in [-0.25, -0.2) is 4.98 Å². The Morgan fingerprint density at radius 1 is 1.22 bits per heavy atom. The molecule has 2 aliphatic rings. The summed E-state index contributed by atoms with van der Waals surface area (Å²) in [4.78, 5) is 22.3. The number of nitrogens with one attached hydrogen (secondary N) is 1. The van der Waals surface area contributed by atoms with E-state index >= 15 is 0 Å². The van der Waals surface area contributed by atoms with Gasteiger partial charge in [-0.05, 0) is 42.7 Å². The number of benzene rings is 1. The molecule has 4 nitrogen and oxygen atoms in total. The Bertz CT molecular complexity index is 672. The average Bonchev–Trinajstić information content (AvgIpc) is 3.25. The van der Waals surface area contributed by atoms with E-state index in [0.29, 0.717) is 24.2 Å². The van der Waals surface area contributed by atoms with Crippen LogP contribution < -0.4 is 0 Å². The smallest absolute Gasteiger partial charge is 0.223 e. The van der Waals surface area contributed by atoms with Crippen molar-refractivity contribution in [1.82, 2.24) is 14.9 Å². The predicted molar refractivity (Wildman–Crippen MR) is 89.3 cm³/mol. The monoisotopic (exact) mass is 309 g/mol. The van der Waals surface area contributed by atoms with Gasteiger partial charge < -0.3 is 9.88 Å². The fourth-order valence-electron chi connectivity index (χ4n) is 4.10. The van der Waals surface area contributed by atoms with Crippen molar-refractivity contribution in [3.05, 3.63) is 53.6 Å². The molecule has 4 heteroatoms. The van der Waals surface area contributed by atoms with Crippen LogP contribution in [0.1, 0.15) is 54.5 Å². The summed E-state index contributed by atoms with van der Waals surface area (Å²) in [6, 6.07) is 8.59. The first-order valence-corrected chi connectivity index (χ1v) is 8.66. The number of hydrogen-bond acceptors (Lipinski definition) is 2. The van der Waals surface area contributed by atoms with Crippen LogP contribution in [0, 0.1) is 0 Å². The predicted octanol–water partition coefficient (Wildman–Crippen LogP) is 3.24. The second-order valence-electron chi connectivity index (χ2n) is 6.77. The summed E-state index contributed by atoms with van der Waals surface area (Å²) < 4.78 is 0. The van der Waals surface area contributed by atoms with E-state index in [1.165, 1.54) is 11.1 Å². The highest BCUT2D eigenvalue weighted by molar-refractivity contribution is 5.77. The molecule has 1 amide bonds. The average molecular weight is 309 g/mol. The number of likely N-dealkylation sites (tertiary alicyclic amines) is 1. The van der Waals surface area contributed by atoms with E-state index in [-0.39, 0.29) is 0 Å². The number of nitrogens with zero attached hydrogens (tertiary/aromatic N) is 2. The maximum absolute atomic E-state index is 12.7. The van der Waals surface area contributed by atoms with Crippen molar-refractivity contribution < 1.29 is 4.79 Å². The molecular formula is C19H23N3O. The lowest BCUT2D eigenvalue weighted by Gasteiger charge is -2.32. The van der Waals surface area contributed by atoms with Crippen molar-refractivity contribution in [2.45, 2.75) is 43.9 Å². The molecule has 1 aromatic heterocycles. The molecule has 0 unspecified atom stereocenters. The second kappa shape index (κ2) is 6.19. The molecule has 0 radical (unpaired) electrons. The summed E-state index contributed by atoms with van der Waals surface area (Å²) in [6.07, 6.45) is 8.63. The van der Waals surface area contributed by atoms with Gasteiger partial charge in [0, 0.05) is 37.8 Å². The third-order valence-corrected chi connectivity index (χ3v) is 5.43. The zero-order valence-electron chi connectivity index (χ0n) is 13.4. The van der Waals surface area contributed by atoms with Crippen molar-refractivity contribution in [3.8, 4) is 0 Å². The van der Waals surface area contributed by atoms with Crippen molar-refractivity contribution in [2.24, 2.45) is 0 Å². The Morgan fingerprint density at radius 2 is 2.04 bits per heavy atom. The standard InChI is InChI=1S/C19H23N3O/c23-18(13-16-6-5-14-3-1-2-4-17(14)16)22-11-7-15(8-12-22)19-20-9-10-21-19/h1-4,9-10,15-16H,5-8,11-13H2,(H,20,21)/t16-/m1/s1. The van der Waals surface area contributed by atoms with E-state index in [9.17, 15) is 4.79 Å². The summed E-state index contributed by atoms with van der Waals surface area (Å²) in [6.45, 7) is 1.72. The number of carbonyl (C=O) groups is 1. The number of hydrogen-bond donors (Lipinski definition) is 1. The second-order valence-corrected chi connectivity index (χ2v) is 6.77. The first-order valence-electron chi connectivity index (χ1n) is 8.66. The number of aromatic nitrogens is 2. The van der Waals surface area contributed by atoms with Gasteiger partial charge in [0.2, 0.25) is 5.91 Å². The summed E-state index contributed by atoms with van der Waals surface area (Å²) in [7, 11) is 0. The lowest BCUT2D eigenvalue weighted by Crippen LogP contribution is -2.38. The van der Waals surface area contributed by atoms with Crippen LogP contribution in [0.5, 0.6) is 0 Å².